The minimum atomic E-state index is -4.22. The lowest BCUT2D eigenvalue weighted by Crippen LogP contribution is -2.67. The highest BCUT2D eigenvalue weighted by atomic mass is 32.2. The lowest BCUT2D eigenvalue weighted by Gasteiger charge is -2.50. The molecule has 0 radical (unpaired) electrons. The van der Waals surface area contributed by atoms with E-state index in [1.807, 2.05) is 97.9 Å². The fraction of sp³-hybridized carbons (Fsp3) is 0.250. The van der Waals surface area contributed by atoms with Crippen LogP contribution in [-0.2, 0) is 54.4 Å². The molecule has 5 aromatic carbocycles. The topological polar surface area (TPSA) is 94.5 Å². The summed E-state index contributed by atoms with van der Waals surface area (Å²) in [6.07, 6.45) is -4.10. The molecule has 9 heteroatoms. The normalized spacial score (nSPS) is 23.2. The van der Waals surface area contributed by atoms with Gasteiger partial charge in [0.15, 0.2) is 11.8 Å². The summed E-state index contributed by atoms with van der Waals surface area (Å²) in [5, 5.41) is 13.0. The maximum Gasteiger partial charge on any atom is 0.266 e. The Morgan fingerprint density at radius 1 is 0.694 bits per heavy atom. The van der Waals surface area contributed by atoms with Crippen LogP contribution in [0, 0.1) is 6.92 Å². The lowest BCUT2D eigenvalue weighted by molar-refractivity contribution is -0.298. The molecule has 0 aliphatic carbocycles. The molecule has 5 aromatic rings. The summed E-state index contributed by atoms with van der Waals surface area (Å²) in [4.78, 5) is 0.0850. The number of anilines is 1. The molecule has 1 N–H and O–H groups in total. The molecule has 2 aliphatic rings. The van der Waals surface area contributed by atoms with Crippen LogP contribution in [0.4, 0.5) is 5.69 Å². The average Bonchev–Trinajstić information content (AvgIpc) is 3.40. The number of aryl methyl sites for hydroxylation is 1. The number of rotatable bonds is 12. The zero-order valence-electron chi connectivity index (χ0n) is 27.2. The van der Waals surface area contributed by atoms with E-state index in [-0.39, 0.29) is 24.7 Å². The molecule has 252 valence electrons. The molecule has 0 saturated carbocycles. The van der Waals surface area contributed by atoms with E-state index in [0.717, 1.165) is 22.3 Å². The molecule has 8 nitrogen and oxygen atoms in total. The highest BCUT2D eigenvalue weighted by Gasteiger charge is 2.66. The maximum absolute atomic E-state index is 14.5. The van der Waals surface area contributed by atoms with Gasteiger partial charge in [-0.15, -0.1) is 0 Å². The fourth-order valence-electron chi connectivity index (χ4n) is 6.61. The van der Waals surface area contributed by atoms with Crippen molar-refractivity contribution in [2.24, 2.45) is 0 Å². The van der Waals surface area contributed by atoms with Crippen LogP contribution in [0.15, 0.2) is 144 Å². The monoisotopic (exact) mass is 677 g/mol. The first-order valence-electron chi connectivity index (χ1n) is 16.4. The summed E-state index contributed by atoms with van der Waals surface area (Å²) in [5.41, 5.74) is 2.48. The number of aliphatic hydroxyl groups is 1. The van der Waals surface area contributed by atoms with Crippen LogP contribution in [-0.4, -0.2) is 44.7 Å². The highest BCUT2D eigenvalue weighted by molar-refractivity contribution is 7.92. The Balaban J connectivity index is 1.31. The van der Waals surface area contributed by atoms with Crippen LogP contribution < -0.4 is 4.31 Å². The second-order valence-corrected chi connectivity index (χ2v) is 14.3. The van der Waals surface area contributed by atoms with E-state index in [1.165, 1.54) is 4.31 Å². The SMILES string of the molecule is Cc1ccc(S(=O)(=O)N2c3ccccc3[C@@]3(O)[C@@H](OCc4ccccc4)[C@H](OCc4ccccc4)[C@@H](COCc4ccccc4)O[C@@H]23)cc1. The van der Waals surface area contributed by atoms with Crippen molar-refractivity contribution in [1.29, 1.82) is 0 Å². The fourth-order valence-corrected chi connectivity index (χ4v) is 8.20. The number of nitrogens with zero attached hydrogens (tertiary/aromatic N) is 1. The summed E-state index contributed by atoms with van der Waals surface area (Å²) < 4.78 is 56.5. The minimum Gasteiger partial charge on any atom is -0.377 e. The molecule has 5 atom stereocenters. The van der Waals surface area contributed by atoms with Gasteiger partial charge in [0.25, 0.3) is 10.0 Å². The standard InChI is InChI=1S/C40H39NO7S/c1-29-21-23-33(24-22-29)49(43,44)41-35-20-12-11-19-34(35)40(42)38(47-27-32-17-9-4-10-18-32)37(46-26-31-15-7-3-8-16-31)36(48-39(40)41)28-45-25-30-13-5-2-6-14-30/h2-24,36-39,42H,25-28H2,1H3/t36-,37-,38+,39-,40-/m1/s1. The van der Waals surface area contributed by atoms with Gasteiger partial charge in [-0.1, -0.05) is 127 Å². The maximum atomic E-state index is 14.5. The van der Waals surface area contributed by atoms with Gasteiger partial charge >= 0.3 is 0 Å². The van der Waals surface area contributed by atoms with E-state index in [1.54, 1.807) is 48.5 Å². The van der Waals surface area contributed by atoms with Gasteiger partial charge in [-0.25, -0.2) is 12.7 Å². The van der Waals surface area contributed by atoms with Crippen LogP contribution in [0.5, 0.6) is 0 Å². The first-order valence-corrected chi connectivity index (χ1v) is 17.8. The third-order valence-corrected chi connectivity index (χ3v) is 10.9. The molecule has 0 amide bonds. The Morgan fingerprint density at radius 3 is 1.84 bits per heavy atom. The Kier molecular flexibility index (Phi) is 9.64. The zero-order chi connectivity index (χ0) is 33.8. The Hall–Kier alpha value is -4.35. The van der Waals surface area contributed by atoms with Crippen molar-refractivity contribution < 1.29 is 32.5 Å². The van der Waals surface area contributed by atoms with Crippen LogP contribution >= 0.6 is 0 Å². The van der Waals surface area contributed by atoms with Gasteiger partial charge in [0.2, 0.25) is 0 Å². The number of ether oxygens (including phenoxy) is 4. The summed E-state index contributed by atoms with van der Waals surface area (Å²) in [6.45, 7) is 2.62. The van der Waals surface area contributed by atoms with Crippen molar-refractivity contribution in [3.05, 3.63) is 167 Å². The smallest absolute Gasteiger partial charge is 0.266 e. The van der Waals surface area contributed by atoms with Gasteiger partial charge in [0.1, 0.15) is 18.3 Å². The molecule has 7 rings (SSSR count). The van der Waals surface area contributed by atoms with Crippen molar-refractivity contribution in [3.63, 3.8) is 0 Å². The lowest BCUT2D eigenvalue weighted by atomic mass is 9.81. The zero-order valence-corrected chi connectivity index (χ0v) is 28.0. The third kappa shape index (κ3) is 6.66. The predicted octanol–water partition coefficient (Wildman–Crippen LogP) is 6.50. The third-order valence-electron chi connectivity index (χ3n) is 9.09. The number of hydrogen-bond acceptors (Lipinski definition) is 7. The molecule has 0 aromatic heterocycles. The van der Waals surface area contributed by atoms with Crippen molar-refractivity contribution in [3.8, 4) is 0 Å². The quantitative estimate of drug-likeness (QED) is 0.161. The first-order chi connectivity index (χ1) is 23.9. The van der Waals surface area contributed by atoms with Crippen LogP contribution in [0.25, 0.3) is 0 Å². The van der Waals surface area contributed by atoms with Crippen molar-refractivity contribution in [2.45, 2.75) is 61.8 Å². The molecular weight excluding hydrogens is 639 g/mol. The van der Waals surface area contributed by atoms with Gasteiger partial charge in [-0.05, 0) is 41.8 Å². The molecule has 0 unspecified atom stereocenters. The number of hydrogen-bond donors (Lipinski definition) is 1. The van der Waals surface area contributed by atoms with Crippen LogP contribution in [0.2, 0.25) is 0 Å². The van der Waals surface area contributed by atoms with Gasteiger partial charge < -0.3 is 24.1 Å². The van der Waals surface area contributed by atoms with Gasteiger partial charge in [-0.3, -0.25) is 0 Å². The number of benzene rings is 5. The van der Waals surface area contributed by atoms with Gasteiger partial charge in [0, 0.05) is 5.56 Å². The van der Waals surface area contributed by atoms with E-state index in [0.29, 0.717) is 17.9 Å². The van der Waals surface area contributed by atoms with Crippen molar-refractivity contribution in [1.82, 2.24) is 0 Å². The second-order valence-electron chi connectivity index (χ2n) is 12.5. The molecule has 0 bridgehead atoms. The van der Waals surface area contributed by atoms with Crippen molar-refractivity contribution >= 4 is 15.7 Å². The number of sulfonamides is 1. The first kappa shape index (κ1) is 33.2. The summed E-state index contributed by atoms with van der Waals surface area (Å²) in [5.74, 6) is 0. The second kappa shape index (κ2) is 14.2. The molecule has 49 heavy (non-hydrogen) atoms. The van der Waals surface area contributed by atoms with Crippen molar-refractivity contribution in [2.75, 3.05) is 10.9 Å². The van der Waals surface area contributed by atoms with E-state index >= 15 is 0 Å². The van der Waals surface area contributed by atoms with Crippen LogP contribution in [0.1, 0.15) is 27.8 Å². The average molecular weight is 678 g/mol. The molecule has 1 fully saturated rings. The van der Waals surface area contributed by atoms with E-state index < -0.39 is 40.2 Å². The van der Waals surface area contributed by atoms with Gasteiger partial charge in [0.05, 0.1) is 37.0 Å². The molecular formula is C40H39NO7S. The Bertz CT molecular complexity index is 1940. The van der Waals surface area contributed by atoms with Crippen LogP contribution in [0.3, 0.4) is 0 Å². The molecule has 0 spiro atoms. The Labute approximate surface area is 287 Å². The van der Waals surface area contributed by atoms with E-state index in [2.05, 4.69) is 0 Å². The Morgan fingerprint density at radius 2 is 1.22 bits per heavy atom. The summed E-state index contributed by atoms with van der Waals surface area (Å²) in [7, 11) is -4.22. The predicted molar refractivity (Wildman–Crippen MR) is 186 cm³/mol. The van der Waals surface area contributed by atoms with E-state index in [9.17, 15) is 13.5 Å². The van der Waals surface area contributed by atoms with Gasteiger partial charge in [-0.2, -0.15) is 0 Å². The largest absolute Gasteiger partial charge is 0.377 e. The van der Waals surface area contributed by atoms with E-state index in [4.69, 9.17) is 18.9 Å². The molecule has 2 aliphatic heterocycles. The minimum absolute atomic E-state index is 0.0564. The number of para-hydroxylation sites is 1. The summed E-state index contributed by atoms with van der Waals surface area (Å²) in [6, 6.07) is 42.7. The number of fused-ring (bicyclic) bond motifs is 3. The molecule has 1 saturated heterocycles. The summed E-state index contributed by atoms with van der Waals surface area (Å²) >= 11 is 0. The molecule has 2 heterocycles. The highest BCUT2D eigenvalue weighted by Crippen LogP contribution is 2.53.